The molecule has 0 aromatic carbocycles. The van der Waals surface area contributed by atoms with Gasteiger partial charge in [-0.2, -0.15) is 0 Å². The van der Waals surface area contributed by atoms with E-state index in [1.165, 1.54) is 0 Å². The summed E-state index contributed by atoms with van der Waals surface area (Å²) in [7, 11) is -2.75. The molecule has 0 bridgehead atoms. The number of alkyl halides is 1. The third-order valence-electron chi connectivity index (χ3n) is 2.91. The highest BCUT2D eigenvalue weighted by atomic mass is 35.5. The summed E-state index contributed by atoms with van der Waals surface area (Å²) in [5.41, 5.74) is 0. The average Bonchev–Trinajstić information content (AvgIpc) is 2.41. The molecule has 1 saturated heterocycles. The van der Waals surface area contributed by atoms with Crippen LogP contribution >= 0.6 is 11.6 Å². The minimum absolute atomic E-state index is 0.305. The fraction of sp³-hybridized carbons (Fsp3) is 1.00. The van der Waals surface area contributed by atoms with Gasteiger partial charge < -0.3 is 0 Å². The van der Waals surface area contributed by atoms with Crippen molar-refractivity contribution in [2.45, 2.75) is 26.7 Å². The second kappa shape index (κ2) is 4.84. The van der Waals surface area contributed by atoms with E-state index in [0.29, 0.717) is 35.1 Å². The largest absolute Gasteiger partial charge is 0.229 e. The SMILES string of the molecule is CC(C)CC(CCl)C1CCS(=O)(=O)C1. The van der Waals surface area contributed by atoms with Crippen molar-refractivity contribution in [2.24, 2.45) is 17.8 Å². The first-order valence-corrected chi connectivity index (χ1v) is 7.56. The van der Waals surface area contributed by atoms with E-state index in [1.807, 2.05) is 0 Å². The Bertz CT molecular complexity index is 272. The molecular weight excluding hydrogens is 220 g/mol. The van der Waals surface area contributed by atoms with E-state index in [9.17, 15) is 8.42 Å². The molecule has 0 aromatic rings. The topological polar surface area (TPSA) is 34.1 Å². The number of hydrogen-bond donors (Lipinski definition) is 0. The van der Waals surface area contributed by atoms with Crippen LogP contribution in [0.3, 0.4) is 0 Å². The van der Waals surface area contributed by atoms with Gasteiger partial charge in [0.25, 0.3) is 0 Å². The molecule has 0 saturated carbocycles. The lowest BCUT2D eigenvalue weighted by Crippen LogP contribution is -2.19. The molecule has 2 nitrogen and oxygen atoms in total. The monoisotopic (exact) mass is 238 g/mol. The maximum atomic E-state index is 11.3. The summed E-state index contributed by atoms with van der Waals surface area (Å²) in [4.78, 5) is 0. The van der Waals surface area contributed by atoms with Gasteiger partial charge in [-0.05, 0) is 30.6 Å². The van der Waals surface area contributed by atoms with Gasteiger partial charge in [0.1, 0.15) is 0 Å². The molecule has 4 heteroatoms. The van der Waals surface area contributed by atoms with Crippen molar-refractivity contribution in [3.63, 3.8) is 0 Å². The Labute approximate surface area is 91.9 Å². The van der Waals surface area contributed by atoms with Gasteiger partial charge in [-0.15, -0.1) is 11.6 Å². The summed E-state index contributed by atoms with van der Waals surface area (Å²) in [6.45, 7) is 4.31. The molecule has 0 radical (unpaired) electrons. The maximum Gasteiger partial charge on any atom is 0.150 e. The van der Waals surface area contributed by atoms with Crippen LogP contribution in [-0.4, -0.2) is 25.8 Å². The van der Waals surface area contributed by atoms with Gasteiger partial charge >= 0.3 is 0 Å². The molecule has 1 fully saturated rings. The van der Waals surface area contributed by atoms with E-state index in [0.717, 1.165) is 12.8 Å². The van der Waals surface area contributed by atoms with Gasteiger partial charge in [0.15, 0.2) is 9.84 Å². The minimum Gasteiger partial charge on any atom is -0.229 e. The standard InChI is InChI=1S/C10H19ClO2S/c1-8(2)5-10(6-11)9-3-4-14(12,13)7-9/h8-10H,3-7H2,1-2H3. The van der Waals surface area contributed by atoms with Crippen LogP contribution < -0.4 is 0 Å². The predicted molar refractivity (Wildman–Crippen MR) is 60.4 cm³/mol. The first-order chi connectivity index (χ1) is 6.44. The molecule has 2 unspecified atom stereocenters. The van der Waals surface area contributed by atoms with Crippen molar-refractivity contribution in [1.82, 2.24) is 0 Å². The van der Waals surface area contributed by atoms with Crippen molar-refractivity contribution < 1.29 is 8.42 Å². The lowest BCUT2D eigenvalue weighted by molar-refractivity contribution is 0.333. The first-order valence-electron chi connectivity index (χ1n) is 5.21. The molecule has 0 spiro atoms. The molecule has 0 aromatic heterocycles. The van der Waals surface area contributed by atoms with Crippen molar-refractivity contribution in [1.29, 1.82) is 0 Å². The lowest BCUT2D eigenvalue weighted by Gasteiger charge is -2.21. The zero-order chi connectivity index (χ0) is 10.8. The Hall–Kier alpha value is 0.240. The third kappa shape index (κ3) is 3.43. The van der Waals surface area contributed by atoms with Crippen molar-refractivity contribution in [2.75, 3.05) is 17.4 Å². The van der Waals surface area contributed by atoms with Gasteiger partial charge in [0.05, 0.1) is 11.5 Å². The second-order valence-corrected chi connectivity index (χ2v) is 7.24. The molecular formula is C10H19ClO2S. The summed E-state index contributed by atoms with van der Waals surface area (Å²) < 4.78 is 22.6. The summed E-state index contributed by atoms with van der Waals surface area (Å²) in [6, 6.07) is 0. The molecule has 84 valence electrons. The molecule has 0 aliphatic carbocycles. The Kier molecular flexibility index (Phi) is 4.26. The van der Waals surface area contributed by atoms with E-state index in [-0.39, 0.29) is 0 Å². The highest BCUT2D eigenvalue weighted by Crippen LogP contribution is 2.30. The van der Waals surface area contributed by atoms with E-state index in [1.54, 1.807) is 0 Å². The van der Waals surface area contributed by atoms with Gasteiger partial charge in [-0.1, -0.05) is 13.8 Å². The summed E-state index contributed by atoms with van der Waals surface area (Å²) >= 11 is 5.89. The summed E-state index contributed by atoms with van der Waals surface area (Å²) in [5.74, 6) is 2.61. The number of sulfone groups is 1. The van der Waals surface area contributed by atoms with Crippen LogP contribution in [0.1, 0.15) is 26.7 Å². The Balaban J connectivity index is 2.55. The molecule has 1 aliphatic heterocycles. The van der Waals surface area contributed by atoms with Crippen LogP contribution in [-0.2, 0) is 9.84 Å². The van der Waals surface area contributed by atoms with Crippen molar-refractivity contribution in [3.05, 3.63) is 0 Å². The van der Waals surface area contributed by atoms with Crippen LogP contribution in [0.5, 0.6) is 0 Å². The molecule has 2 atom stereocenters. The van der Waals surface area contributed by atoms with Crippen molar-refractivity contribution in [3.8, 4) is 0 Å². The Morgan fingerprint density at radius 2 is 2.07 bits per heavy atom. The van der Waals surface area contributed by atoms with Crippen LogP contribution in [0, 0.1) is 17.8 Å². The minimum atomic E-state index is -2.75. The van der Waals surface area contributed by atoms with Crippen LogP contribution in [0.2, 0.25) is 0 Å². The molecule has 14 heavy (non-hydrogen) atoms. The van der Waals surface area contributed by atoms with Crippen LogP contribution in [0.4, 0.5) is 0 Å². The predicted octanol–water partition coefficient (Wildman–Crippen LogP) is 2.32. The maximum absolute atomic E-state index is 11.3. The average molecular weight is 239 g/mol. The van der Waals surface area contributed by atoms with Gasteiger partial charge in [0, 0.05) is 5.88 Å². The van der Waals surface area contributed by atoms with E-state index in [4.69, 9.17) is 11.6 Å². The van der Waals surface area contributed by atoms with E-state index < -0.39 is 9.84 Å². The molecule has 1 heterocycles. The Morgan fingerprint density at radius 1 is 1.43 bits per heavy atom. The van der Waals surface area contributed by atoms with Crippen molar-refractivity contribution >= 4 is 21.4 Å². The molecule has 0 amide bonds. The highest BCUT2D eigenvalue weighted by Gasteiger charge is 2.33. The highest BCUT2D eigenvalue weighted by molar-refractivity contribution is 7.91. The lowest BCUT2D eigenvalue weighted by atomic mass is 9.86. The fourth-order valence-corrected chi connectivity index (χ4v) is 4.48. The van der Waals surface area contributed by atoms with Crippen LogP contribution in [0.25, 0.3) is 0 Å². The first kappa shape index (κ1) is 12.3. The van der Waals surface area contributed by atoms with E-state index in [2.05, 4.69) is 13.8 Å². The molecule has 0 N–H and O–H groups in total. The zero-order valence-corrected chi connectivity index (χ0v) is 10.4. The van der Waals surface area contributed by atoms with Crippen LogP contribution in [0.15, 0.2) is 0 Å². The second-order valence-electron chi connectivity index (χ2n) is 4.71. The smallest absolute Gasteiger partial charge is 0.150 e. The third-order valence-corrected chi connectivity index (χ3v) is 5.10. The number of hydrogen-bond acceptors (Lipinski definition) is 2. The molecule has 1 aliphatic rings. The van der Waals surface area contributed by atoms with Gasteiger partial charge in [-0.25, -0.2) is 8.42 Å². The summed E-state index contributed by atoms with van der Waals surface area (Å²) in [5, 5.41) is 0. The quantitative estimate of drug-likeness (QED) is 0.705. The van der Waals surface area contributed by atoms with Gasteiger partial charge in [-0.3, -0.25) is 0 Å². The Morgan fingerprint density at radius 3 is 2.43 bits per heavy atom. The summed E-state index contributed by atoms with van der Waals surface area (Å²) in [6.07, 6.45) is 1.86. The molecule has 1 rings (SSSR count). The van der Waals surface area contributed by atoms with E-state index >= 15 is 0 Å². The number of halogens is 1. The van der Waals surface area contributed by atoms with Gasteiger partial charge in [0.2, 0.25) is 0 Å². The number of rotatable bonds is 4. The fourth-order valence-electron chi connectivity index (χ4n) is 2.18. The normalized spacial score (nSPS) is 28.1. The zero-order valence-electron chi connectivity index (χ0n) is 8.87.